The van der Waals surface area contributed by atoms with Crippen LogP contribution in [0.4, 0.5) is 5.69 Å². The van der Waals surface area contributed by atoms with Crippen LogP contribution in [0.25, 0.3) is 0 Å². The molecule has 7 nitrogen and oxygen atoms in total. The van der Waals surface area contributed by atoms with Crippen LogP contribution in [-0.2, 0) is 9.59 Å². The van der Waals surface area contributed by atoms with Gasteiger partial charge in [-0.15, -0.1) is 0 Å². The van der Waals surface area contributed by atoms with Crippen LogP contribution < -0.4 is 14.8 Å². The molecular weight excluding hydrogens is 394 g/mol. The maximum absolute atomic E-state index is 13.5. The standard InChI is InChI=1S/C24H25N3O4/c1-14-21(24(29)27-15-6-5-11-25-13-15)22(23-18(26-14)7-4-8-19(23)28)17-12-16(30-2)9-10-20(17)31-3/h5-6,9-13,21-22H,4,7-8H2,1-3H3,(H,27,29)/t21?,22-/m1/s1. The second-order valence-corrected chi connectivity index (χ2v) is 7.68. The topological polar surface area (TPSA) is 89.9 Å². The molecule has 1 amide bonds. The summed E-state index contributed by atoms with van der Waals surface area (Å²) in [5, 5.41) is 2.93. The second kappa shape index (κ2) is 8.71. The monoisotopic (exact) mass is 419 g/mol. The number of nitrogens with zero attached hydrogens (tertiary/aromatic N) is 2. The number of aromatic nitrogens is 1. The minimum Gasteiger partial charge on any atom is -0.497 e. The lowest BCUT2D eigenvalue weighted by atomic mass is 9.71. The highest BCUT2D eigenvalue weighted by Crippen LogP contribution is 2.46. The van der Waals surface area contributed by atoms with Crippen molar-refractivity contribution in [1.29, 1.82) is 0 Å². The Morgan fingerprint density at radius 2 is 2.00 bits per heavy atom. The van der Waals surface area contributed by atoms with E-state index in [1.807, 2.05) is 13.0 Å². The van der Waals surface area contributed by atoms with E-state index in [9.17, 15) is 9.59 Å². The molecule has 1 aliphatic heterocycles. The molecule has 4 rings (SSSR count). The number of ether oxygens (including phenoxy) is 2. The van der Waals surface area contributed by atoms with Gasteiger partial charge in [-0.1, -0.05) is 0 Å². The molecule has 1 aliphatic carbocycles. The van der Waals surface area contributed by atoms with Crippen LogP contribution in [0, 0.1) is 5.92 Å². The van der Waals surface area contributed by atoms with Gasteiger partial charge in [0.05, 0.1) is 32.0 Å². The van der Waals surface area contributed by atoms with Crippen molar-refractivity contribution < 1.29 is 19.1 Å². The summed E-state index contributed by atoms with van der Waals surface area (Å²) in [4.78, 5) is 35.3. The summed E-state index contributed by atoms with van der Waals surface area (Å²) in [6.07, 6.45) is 5.17. The third-order valence-electron chi connectivity index (χ3n) is 5.82. The predicted octanol–water partition coefficient (Wildman–Crippen LogP) is 3.92. The van der Waals surface area contributed by atoms with Gasteiger partial charge in [0.2, 0.25) is 5.91 Å². The number of anilines is 1. The summed E-state index contributed by atoms with van der Waals surface area (Å²) < 4.78 is 11.1. The highest BCUT2D eigenvalue weighted by Gasteiger charge is 2.43. The van der Waals surface area contributed by atoms with Gasteiger partial charge < -0.3 is 14.8 Å². The van der Waals surface area contributed by atoms with Crippen LogP contribution in [0.15, 0.2) is 59.0 Å². The first-order valence-corrected chi connectivity index (χ1v) is 10.3. The van der Waals surface area contributed by atoms with Gasteiger partial charge >= 0.3 is 0 Å². The van der Waals surface area contributed by atoms with Crippen molar-refractivity contribution in [2.45, 2.75) is 32.1 Å². The molecule has 0 radical (unpaired) electrons. The van der Waals surface area contributed by atoms with E-state index in [1.165, 1.54) is 0 Å². The van der Waals surface area contributed by atoms with Gasteiger partial charge in [-0.05, 0) is 50.1 Å². The maximum atomic E-state index is 13.5. The summed E-state index contributed by atoms with van der Waals surface area (Å²) in [7, 11) is 3.17. The highest BCUT2D eigenvalue weighted by molar-refractivity contribution is 6.13. The molecule has 1 unspecified atom stereocenters. The highest BCUT2D eigenvalue weighted by atomic mass is 16.5. The molecule has 160 valence electrons. The fourth-order valence-corrected chi connectivity index (χ4v) is 4.42. The number of amides is 1. The number of methoxy groups -OCH3 is 2. The van der Waals surface area contributed by atoms with E-state index >= 15 is 0 Å². The van der Waals surface area contributed by atoms with Gasteiger partial charge in [-0.2, -0.15) is 0 Å². The van der Waals surface area contributed by atoms with Crippen molar-refractivity contribution in [1.82, 2.24) is 4.98 Å². The number of hydrogen-bond acceptors (Lipinski definition) is 6. The Morgan fingerprint density at radius 1 is 1.16 bits per heavy atom. The van der Waals surface area contributed by atoms with E-state index in [0.29, 0.717) is 34.9 Å². The van der Waals surface area contributed by atoms with Gasteiger partial charge in [0.1, 0.15) is 11.5 Å². The van der Waals surface area contributed by atoms with Crippen molar-refractivity contribution in [2.75, 3.05) is 19.5 Å². The Balaban J connectivity index is 1.85. The lowest BCUT2D eigenvalue weighted by molar-refractivity contribution is -0.119. The fraction of sp³-hybridized carbons (Fsp3) is 0.333. The minimum absolute atomic E-state index is 0.0338. The SMILES string of the molecule is COc1ccc(OC)c([C@H]2C3=C(CCCC3=O)N=C(C)C2C(=O)Nc2cccnc2)c1. The average Bonchev–Trinajstić information content (AvgIpc) is 2.78. The Hall–Kier alpha value is -3.48. The Labute approximate surface area is 181 Å². The first kappa shape index (κ1) is 20.8. The minimum atomic E-state index is -0.665. The zero-order valence-electron chi connectivity index (χ0n) is 17.8. The van der Waals surface area contributed by atoms with E-state index in [2.05, 4.69) is 10.3 Å². The van der Waals surface area contributed by atoms with Crippen molar-refractivity contribution in [2.24, 2.45) is 10.9 Å². The smallest absolute Gasteiger partial charge is 0.234 e. The fourth-order valence-electron chi connectivity index (χ4n) is 4.42. The number of carbonyl (C=O) groups is 2. The molecule has 2 heterocycles. The molecule has 2 atom stereocenters. The van der Waals surface area contributed by atoms with Gasteiger partial charge in [0.25, 0.3) is 0 Å². The Kier molecular flexibility index (Phi) is 5.84. The molecule has 1 N–H and O–H groups in total. The van der Waals surface area contributed by atoms with Crippen molar-refractivity contribution in [3.05, 3.63) is 59.6 Å². The molecule has 2 aromatic rings. The normalized spacial score (nSPS) is 20.6. The molecule has 1 aromatic heterocycles. The van der Waals surface area contributed by atoms with Gasteiger partial charge in [-0.25, -0.2) is 0 Å². The first-order valence-electron chi connectivity index (χ1n) is 10.3. The number of hydrogen-bond donors (Lipinski definition) is 1. The number of ketones is 1. The maximum Gasteiger partial charge on any atom is 0.234 e. The number of Topliss-reactive ketones (excluding diaryl/α,β-unsaturated/α-hetero) is 1. The lowest BCUT2D eigenvalue weighted by Crippen LogP contribution is -2.39. The number of nitrogens with one attached hydrogen (secondary N) is 1. The summed E-state index contributed by atoms with van der Waals surface area (Å²) in [5.41, 5.74) is 3.38. The van der Waals surface area contributed by atoms with Crippen LogP contribution in [0.1, 0.15) is 37.7 Å². The number of pyridine rings is 1. The van der Waals surface area contributed by atoms with Gasteiger partial charge in [-0.3, -0.25) is 19.6 Å². The summed E-state index contributed by atoms with van der Waals surface area (Å²) in [6, 6.07) is 8.98. The summed E-state index contributed by atoms with van der Waals surface area (Å²) in [5.74, 6) is -0.151. The second-order valence-electron chi connectivity index (χ2n) is 7.68. The summed E-state index contributed by atoms with van der Waals surface area (Å²) >= 11 is 0. The molecule has 1 aromatic carbocycles. The van der Waals surface area contributed by atoms with E-state index < -0.39 is 11.8 Å². The number of benzene rings is 1. The van der Waals surface area contributed by atoms with Crippen LogP contribution in [-0.4, -0.2) is 36.6 Å². The van der Waals surface area contributed by atoms with Crippen molar-refractivity contribution in [3.8, 4) is 11.5 Å². The predicted molar refractivity (Wildman–Crippen MR) is 118 cm³/mol. The quantitative estimate of drug-likeness (QED) is 0.793. The van der Waals surface area contributed by atoms with Gasteiger partial charge in [0, 0.05) is 41.1 Å². The van der Waals surface area contributed by atoms with E-state index in [-0.39, 0.29) is 11.7 Å². The third-order valence-corrected chi connectivity index (χ3v) is 5.82. The molecule has 0 saturated carbocycles. The lowest BCUT2D eigenvalue weighted by Gasteiger charge is -2.35. The number of rotatable bonds is 5. The molecule has 31 heavy (non-hydrogen) atoms. The summed E-state index contributed by atoms with van der Waals surface area (Å²) in [6.45, 7) is 1.84. The van der Waals surface area contributed by atoms with E-state index in [4.69, 9.17) is 14.5 Å². The van der Waals surface area contributed by atoms with Gasteiger partial charge in [0.15, 0.2) is 5.78 Å². The Morgan fingerprint density at radius 3 is 2.71 bits per heavy atom. The van der Waals surface area contributed by atoms with Crippen LogP contribution in [0.5, 0.6) is 11.5 Å². The van der Waals surface area contributed by atoms with Crippen LogP contribution >= 0.6 is 0 Å². The average molecular weight is 419 g/mol. The molecule has 0 saturated heterocycles. The third kappa shape index (κ3) is 3.95. The zero-order chi connectivity index (χ0) is 22.0. The molecule has 0 fully saturated rings. The molecule has 2 aliphatic rings. The molecule has 7 heteroatoms. The number of aliphatic imine (C=N–C) groups is 1. The first-order chi connectivity index (χ1) is 15.0. The van der Waals surface area contributed by atoms with Crippen LogP contribution in [0.2, 0.25) is 0 Å². The van der Waals surface area contributed by atoms with E-state index in [0.717, 1.165) is 24.1 Å². The number of carbonyl (C=O) groups excluding carboxylic acids is 2. The number of allylic oxidation sites excluding steroid dienone is 2. The van der Waals surface area contributed by atoms with Crippen molar-refractivity contribution in [3.63, 3.8) is 0 Å². The molecule has 0 bridgehead atoms. The van der Waals surface area contributed by atoms with E-state index in [1.54, 1.807) is 50.9 Å². The molecule has 0 spiro atoms. The van der Waals surface area contributed by atoms with Crippen LogP contribution in [0.3, 0.4) is 0 Å². The zero-order valence-corrected chi connectivity index (χ0v) is 17.8. The largest absolute Gasteiger partial charge is 0.497 e. The Bertz CT molecular complexity index is 1080. The van der Waals surface area contributed by atoms with Crippen molar-refractivity contribution >= 4 is 23.1 Å². The molecular formula is C24H25N3O4.